The van der Waals surface area contributed by atoms with E-state index in [9.17, 15) is 0 Å². The molecule has 1 aliphatic carbocycles. The van der Waals surface area contributed by atoms with Gasteiger partial charge in [0.15, 0.2) is 6.40 Å². The highest BCUT2D eigenvalue weighted by atomic mass is 16.5. The molecule has 0 spiro atoms. The number of rotatable bonds is 2. The third kappa shape index (κ3) is 0.708. The van der Waals surface area contributed by atoms with Gasteiger partial charge in [0.2, 0.25) is 0 Å². The Morgan fingerprint density at radius 2 is 2.33 bits per heavy atom. The normalized spacial score (nSPS) is 20.0. The second kappa shape index (κ2) is 1.29. The van der Waals surface area contributed by atoms with Crippen LogP contribution in [0.4, 0.5) is 0 Å². The zero-order valence-electron chi connectivity index (χ0n) is 3.48. The zero-order valence-corrected chi connectivity index (χ0v) is 3.48. The molecule has 0 atom stereocenters. The summed E-state index contributed by atoms with van der Waals surface area (Å²) in [5.41, 5.74) is 0. The van der Waals surface area contributed by atoms with Crippen molar-refractivity contribution in [2.45, 2.75) is 18.9 Å². The molecule has 6 heavy (non-hydrogen) atoms. The summed E-state index contributed by atoms with van der Waals surface area (Å²) in [6.07, 6.45) is 3.71. The van der Waals surface area contributed by atoms with Gasteiger partial charge in [0.05, 0.1) is 0 Å². The van der Waals surface area contributed by atoms with Crippen LogP contribution in [-0.4, -0.2) is 12.5 Å². The lowest BCUT2D eigenvalue weighted by molar-refractivity contribution is 0.302. The largest absolute Gasteiger partial charge is 0.481 e. The van der Waals surface area contributed by atoms with Gasteiger partial charge in [-0.25, -0.2) is 0 Å². The van der Waals surface area contributed by atoms with E-state index < -0.39 is 0 Å². The second-order valence-corrected chi connectivity index (χ2v) is 1.45. The summed E-state index contributed by atoms with van der Waals surface area (Å²) >= 11 is 0. The molecule has 0 radical (unpaired) electrons. The average Bonchev–Trinajstić information content (AvgIpc) is 2.21. The lowest BCUT2D eigenvalue weighted by Gasteiger charge is -1.86. The molecule has 34 valence electrons. The molecule has 0 saturated heterocycles. The Morgan fingerprint density at radius 1 is 1.67 bits per heavy atom. The molecular weight excluding hydrogens is 78.0 g/mol. The van der Waals surface area contributed by atoms with Crippen molar-refractivity contribution in [1.29, 1.82) is 5.41 Å². The first-order valence-electron chi connectivity index (χ1n) is 2.08. The number of hydrogen-bond donors (Lipinski definition) is 1. The van der Waals surface area contributed by atoms with Crippen LogP contribution in [0.2, 0.25) is 0 Å². The van der Waals surface area contributed by atoms with Crippen molar-refractivity contribution in [3.63, 3.8) is 0 Å². The summed E-state index contributed by atoms with van der Waals surface area (Å²) in [6, 6.07) is 0. The Balaban J connectivity index is 2.00. The molecular formula is C4H7NO. The first-order chi connectivity index (χ1) is 2.93. The van der Waals surface area contributed by atoms with E-state index in [-0.39, 0.29) is 0 Å². The van der Waals surface area contributed by atoms with Gasteiger partial charge in [-0.3, -0.25) is 5.41 Å². The summed E-state index contributed by atoms with van der Waals surface area (Å²) in [7, 11) is 0. The van der Waals surface area contributed by atoms with Crippen LogP contribution in [0.25, 0.3) is 0 Å². The minimum absolute atomic E-state index is 0.405. The fourth-order valence-corrected chi connectivity index (χ4v) is 0.300. The van der Waals surface area contributed by atoms with Crippen LogP contribution in [0.3, 0.4) is 0 Å². The SMILES string of the molecule is N=COC1CC1. The predicted octanol–water partition coefficient (Wildman–Crippen LogP) is 0.772. The minimum atomic E-state index is 0.405. The fraction of sp³-hybridized carbons (Fsp3) is 0.750. The van der Waals surface area contributed by atoms with Gasteiger partial charge in [-0.15, -0.1) is 0 Å². The molecule has 1 aliphatic rings. The smallest absolute Gasteiger partial charge is 0.167 e. The third-order valence-corrected chi connectivity index (χ3v) is 0.785. The van der Waals surface area contributed by atoms with Crippen LogP contribution in [0.5, 0.6) is 0 Å². The van der Waals surface area contributed by atoms with Crippen molar-refractivity contribution in [3.8, 4) is 0 Å². The number of nitrogens with one attached hydrogen (secondary N) is 1. The maximum absolute atomic E-state index is 6.43. The van der Waals surface area contributed by atoms with E-state index in [1.165, 1.54) is 0 Å². The highest BCUT2D eigenvalue weighted by Gasteiger charge is 2.21. The molecule has 0 unspecified atom stereocenters. The zero-order chi connectivity index (χ0) is 4.41. The van der Waals surface area contributed by atoms with Gasteiger partial charge in [0.25, 0.3) is 0 Å². The molecule has 0 aliphatic heterocycles. The van der Waals surface area contributed by atoms with Gasteiger partial charge >= 0.3 is 0 Å². The summed E-state index contributed by atoms with van der Waals surface area (Å²) in [6.45, 7) is 0. The minimum Gasteiger partial charge on any atom is -0.481 e. The molecule has 1 rings (SSSR count). The molecule has 1 saturated carbocycles. The average molecular weight is 85.1 g/mol. The van der Waals surface area contributed by atoms with Crippen LogP contribution >= 0.6 is 0 Å². The van der Waals surface area contributed by atoms with Crippen molar-refractivity contribution < 1.29 is 4.74 Å². The molecule has 0 heterocycles. The highest BCUT2D eigenvalue weighted by molar-refractivity contribution is 5.41. The quantitative estimate of drug-likeness (QED) is 0.390. The molecule has 2 heteroatoms. The Labute approximate surface area is 36.6 Å². The van der Waals surface area contributed by atoms with Gasteiger partial charge in [-0.05, 0) is 12.8 Å². The van der Waals surface area contributed by atoms with Crippen LogP contribution < -0.4 is 0 Å². The van der Waals surface area contributed by atoms with Crippen molar-refractivity contribution in [3.05, 3.63) is 0 Å². The van der Waals surface area contributed by atoms with Crippen LogP contribution in [0, 0.1) is 5.41 Å². The van der Waals surface area contributed by atoms with Gasteiger partial charge in [0.1, 0.15) is 6.10 Å². The molecule has 1 fully saturated rings. The van der Waals surface area contributed by atoms with E-state index in [1.54, 1.807) is 0 Å². The Morgan fingerprint density at radius 3 is 2.50 bits per heavy atom. The van der Waals surface area contributed by atoms with Crippen LogP contribution in [-0.2, 0) is 4.74 Å². The summed E-state index contributed by atoms with van der Waals surface area (Å²) in [5.74, 6) is 0. The topological polar surface area (TPSA) is 33.1 Å². The molecule has 0 aromatic carbocycles. The first-order valence-corrected chi connectivity index (χ1v) is 2.08. The monoisotopic (exact) mass is 85.1 g/mol. The third-order valence-electron chi connectivity index (χ3n) is 0.785. The van der Waals surface area contributed by atoms with Crippen molar-refractivity contribution in [2.75, 3.05) is 0 Å². The number of hydrogen-bond acceptors (Lipinski definition) is 2. The van der Waals surface area contributed by atoms with Gasteiger partial charge < -0.3 is 4.74 Å². The fourth-order valence-electron chi connectivity index (χ4n) is 0.300. The van der Waals surface area contributed by atoms with Crippen molar-refractivity contribution in [1.82, 2.24) is 0 Å². The van der Waals surface area contributed by atoms with Gasteiger partial charge in [-0.2, -0.15) is 0 Å². The summed E-state index contributed by atoms with van der Waals surface area (Å²) < 4.78 is 4.69. The lowest BCUT2D eigenvalue weighted by Crippen LogP contribution is -1.85. The number of ether oxygens (including phenoxy) is 1. The summed E-state index contributed by atoms with van der Waals surface area (Å²) in [5, 5.41) is 6.43. The second-order valence-electron chi connectivity index (χ2n) is 1.45. The molecule has 0 aromatic rings. The van der Waals surface area contributed by atoms with E-state index >= 15 is 0 Å². The van der Waals surface area contributed by atoms with E-state index in [0.29, 0.717) is 6.10 Å². The molecule has 1 N–H and O–H groups in total. The van der Waals surface area contributed by atoms with E-state index in [0.717, 1.165) is 19.2 Å². The van der Waals surface area contributed by atoms with Crippen LogP contribution in [0.1, 0.15) is 12.8 Å². The first kappa shape index (κ1) is 3.65. The summed E-state index contributed by atoms with van der Waals surface area (Å²) in [4.78, 5) is 0. The van der Waals surface area contributed by atoms with Crippen molar-refractivity contribution in [2.24, 2.45) is 0 Å². The van der Waals surface area contributed by atoms with E-state index in [1.807, 2.05) is 0 Å². The van der Waals surface area contributed by atoms with Gasteiger partial charge in [-0.1, -0.05) is 0 Å². The predicted molar refractivity (Wildman–Crippen MR) is 22.9 cm³/mol. The molecule has 0 bridgehead atoms. The maximum atomic E-state index is 6.43. The Kier molecular flexibility index (Phi) is 0.783. The Bertz CT molecular complexity index is 58.6. The molecule has 0 aromatic heterocycles. The van der Waals surface area contributed by atoms with Crippen molar-refractivity contribution >= 4 is 6.40 Å². The molecule has 2 nitrogen and oxygen atoms in total. The lowest BCUT2D eigenvalue weighted by atomic mass is 10.8. The van der Waals surface area contributed by atoms with E-state index in [4.69, 9.17) is 10.1 Å². The van der Waals surface area contributed by atoms with E-state index in [2.05, 4.69) is 0 Å². The van der Waals surface area contributed by atoms with Crippen LogP contribution in [0.15, 0.2) is 0 Å². The molecule has 0 amide bonds. The highest BCUT2D eigenvalue weighted by Crippen LogP contribution is 2.21. The Hall–Kier alpha value is -0.530. The van der Waals surface area contributed by atoms with Gasteiger partial charge in [0, 0.05) is 0 Å². The standard InChI is InChI=1S/C4H7NO/c5-3-6-4-1-2-4/h3-5H,1-2H2. The maximum Gasteiger partial charge on any atom is 0.167 e.